The number of hydrogen-bond acceptors (Lipinski definition) is 5. The maximum Gasteiger partial charge on any atom is 0.225 e. The molecule has 0 bridgehead atoms. The van der Waals surface area contributed by atoms with Crippen LogP contribution in [0.2, 0.25) is 0 Å². The number of amides is 1. The number of benzene rings is 2. The van der Waals surface area contributed by atoms with Crippen LogP contribution in [0.3, 0.4) is 0 Å². The van der Waals surface area contributed by atoms with Gasteiger partial charge >= 0.3 is 0 Å². The Kier molecular flexibility index (Phi) is 4.97. The Morgan fingerprint density at radius 2 is 1.82 bits per heavy atom. The summed E-state index contributed by atoms with van der Waals surface area (Å²) in [4.78, 5) is 18.1. The van der Waals surface area contributed by atoms with Crippen LogP contribution in [0.15, 0.2) is 77.3 Å². The molecule has 4 rings (SSSR count). The van der Waals surface area contributed by atoms with Gasteiger partial charge in [0, 0.05) is 29.8 Å². The van der Waals surface area contributed by atoms with E-state index < -0.39 is 9.84 Å². The highest BCUT2D eigenvalue weighted by Gasteiger charge is 2.17. The van der Waals surface area contributed by atoms with Gasteiger partial charge in [-0.05, 0) is 18.2 Å². The lowest BCUT2D eigenvalue weighted by atomic mass is 10.1. The number of anilines is 1. The normalized spacial score (nSPS) is 11.6. The standard InChI is InChI=1S/C20H17N3O3S2/c24-19(10-13-28(25,26)15-6-2-1-3-7-15)21-17-9-5-4-8-16(17)18-14-23-11-12-27-20(23)22-18/h1-9,11-12,14H,10,13H2,(H,21,24). The number of aromatic nitrogens is 2. The Morgan fingerprint density at radius 1 is 1.07 bits per heavy atom. The van der Waals surface area contributed by atoms with Gasteiger partial charge in [-0.15, -0.1) is 11.3 Å². The molecule has 0 aliphatic carbocycles. The number of sulfone groups is 1. The molecule has 0 saturated heterocycles. The van der Waals surface area contributed by atoms with Crippen molar-refractivity contribution in [2.45, 2.75) is 11.3 Å². The van der Waals surface area contributed by atoms with E-state index in [4.69, 9.17) is 0 Å². The monoisotopic (exact) mass is 411 g/mol. The van der Waals surface area contributed by atoms with Crippen LogP contribution in [0, 0.1) is 0 Å². The summed E-state index contributed by atoms with van der Waals surface area (Å²) in [6.45, 7) is 0. The van der Waals surface area contributed by atoms with Crippen molar-refractivity contribution in [3.8, 4) is 11.3 Å². The second kappa shape index (κ2) is 7.57. The number of carbonyl (C=O) groups is 1. The van der Waals surface area contributed by atoms with Crippen molar-refractivity contribution >= 4 is 37.7 Å². The summed E-state index contributed by atoms with van der Waals surface area (Å²) in [5, 5.41) is 4.77. The van der Waals surface area contributed by atoms with E-state index in [2.05, 4.69) is 10.3 Å². The average Bonchev–Trinajstić information content (AvgIpc) is 3.30. The summed E-state index contributed by atoms with van der Waals surface area (Å²) >= 11 is 1.53. The Bertz CT molecular complexity index is 1200. The third-order valence-electron chi connectivity index (χ3n) is 4.27. The Labute approximate surface area is 166 Å². The molecule has 1 N–H and O–H groups in total. The Balaban J connectivity index is 1.49. The summed E-state index contributed by atoms with van der Waals surface area (Å²) in [7, 11) is -3.49. The number of nitrogens with one attached hydrogen (secondary N) is 1. The molecule has 0 saturated carbocycles. The van der Waals surface area contributed by atoms with E-state index in [1.54, 1.807) is 24.3 Å². The number of fused-ring (bicyclic) bond motifs is 1. The molecule has 0 fully saturated rings. The molecule has 4 aromatic rings. The number of imidazole rings is 1. The minimum atomic E-state index is -3.49. The van der Waals surface area contributed by atoms with E-state index >= 15 is 0 Å². The highest BCUT2D eigenvalue weighted by atomic mass is 32.2. The molecule has 0 unspecified atom stereocenters. The van der Waals surface area contributed by atoms with Crippen LogP contribution in [0.4, 0.5) is 5.69 Å². The largest absolute Gasteiger partial charge is 0.325 e. The molecule has 2 heterocycles. The molecular weight excluding hydrogens is 394 g/mol. The topological polar surface area (TPSA) is 80.5 Å². The lowest BCUT2D eigenvalue weighted by Crippen LogP contribution is -2.17. The van der Waals surface area contributed by atoms with E-state index in [1.165, 1.54) is 23.5 Å². The van der Waals surface area contributed by atoms with Gasteiger partial charge in [0.05, 0.1) is 22.0 Å². The quantitative estimate of drug-likeness (QED) is 0.522. The molecule has 142 valence electrons. The van der Waals surface area contributed by atoms with Crippen LogP contribution in [-0.2, 0) is 14.6 Å². The molecule has 0 aliphatic heterocycles. The molecule has 0 radical (unpaired) electrons. The molecule has 0 aliphatic rings. The van der Waals surface area contributed by atoms with Crippen LogP contribution in [0.25, 0.3) is 16.2 Å². The van der Waals surface area contributed by atoms with E-state index in [9.17, 15) is 13.2 Å². The van der Waals surface area contributed by atoms with Crippen molar-refractivity contribution < 1.29 is 13.2 Å². The molecule has 28 heavy (non-hydrogen) atoms. The number of rotatable bonds is 6. The van der Waals surface area contributed by atoms with Gasteiger partial charge in [0.1, 0.15) is 0 Å². The van der Waals surface area contributed by atoms with E-state index in [0.29, 0.717) is 5.69 Å². The lowest BCUT2D eigenvalue weighted by Gasteiger charge is -2.10. The van der Waals surface area contributed by atoms with Crippen molar-refractivity contribution in [3.05, 3.63) is 72.4 Å². The molecule has 1 amide bonds. The van der Waals surface area contributed by atoms with E-state index in [1.807, 2.05) is 40.4 Å². The molecule has 0 atom stereocenters. The first-order chi connectivity index (χ1) is 13.5. The SMILES string of the molecule is O=C(CCS(=O)(=O)c1ccccc1)Nc1ccccc1-c1cn2ccsc2n1. The van der Waals surface area contributed by atoms with Crippen molar-refractivity contribution in [2.24, 2.45) is 0 Å². The van der Waals surface area contributed by atoms with Gasteiger partial charge in [-0.1, -0.05) is 36.4 Å². The van der Waals surface area contributed by atoms with Gasteiger partial charge in [-0.25, -0.2) is 13.4 Å². The zero-order valence-corrected chi connectivity index (χ0v) is 16.4. The van der Waals surface area contributed by atoms with Crippen molar-refractivity contribution in [3.63, 3.8) is 0 Å². The van der Waals surface area contributed by atoms with Crippen LogP contribution in [0.5, 0.6) is 0 Å². The zero-order valence-electron chi connectivity index (χ0n) is 14.8. The molecule has 0 spiro atoms. The van der Waals surface area contributed by atoms with E-state index in [0.717, 1.165) is 16.2 Å². The fraction of sp³-hybridized carbons (Fsp3) is 0.100. The number of carbonyl (C=O) groups excluding carboxylic acids is 1. The van der Waals surface area contributed by atoms with Crippen LogP contribution in [-0.4, -0.2) is 29.5 Å². The predicted molar refractivity (Wildman–Crippen MR) is 110 cm³/mol. The molecular formula is C20H17N3O3S2. The van der Waals surface area contributed by atoms with Crippen molar-refractivity contribution in [2.75, 3.05) is 11.1 Å². The maximum absolute atomic E-state index is 12.4. The second-order valence-electron chi connectivity index (χ2n) is 6.19. The third-order valence-corrected chi connectivity index (χ3v) is 6.77. The second-order valence-corrected chi connectivity index (χ2v) is 9.18. The highest BCUT2D eigenvalue weighted by molar-refractivity contribution is 7.91. The van der Waals surface area contributed by atoms with Crippen LogP contribution < -0.4 is 5.32 Å². The molecule has 6 nitrogen and oxygen atoms in total. The number of hydrogen-bond donors (Lipinski definition) is 1. The smallest absolute Gasteiger partial charge is 0.225 e. The van der Waals surface area contributed by atoms with Gasteiger partial charge in [0.15, 0.2) is 14.8 Å². The summed E-state index contributed by atoms with van der Waals surface area (Å²) in [5.41, 5.74) is 2.15. The van der Waals surface area contributed by atoms with Crippen LogP contribution >= 0.6 is 11.3 Å². The van der Waals surface area contributed by atoms with Gasteiger partial charge in [-0.2, -0.15) is 0 Å². The van der Waals surface area contributed by atoms with Gasteiger partial charge < -0.3 is 5.32 Å². The highest BCUT2D eigenvalue weighted by Crippen LogP contribution is 2.28. The predicted octanol–water partition coefficient (Wildman–Crippen LogP) is 3.87. The Morgan fingerprint density at radius 3 is 2.61 bits per heavy atom. The van der Waals surface area contributed by atoms with Gasteiger partial charge in [0.2, 0.25) is 5.91 Å². The van der Waals surface area contributed by atoms with Crippen molar-refractivity contribution in [1.82, 2.24) is 9.38 Å². The molecule has 2 aromatic heterocycles. The lowest BCUT2D eigenvalue weighted by molar-refractivity contribution is -0.115. The summed E-state index contributed by atoms with van der Waals surface area (Å²) in [6, 6.07) is 15.5. The summed E-state index contributed by atoms with van der Waals surface area (Å²) in [5.74, 6) is -0.599. The fourth-order valence-corrected chi connectivity index (χ4v) is 4.82. The fourth-order valence-electron chi connectivity index (χ4n) is 2.86. The summed E-state index contributed by atoms with van der Waals surface area (Å²) in [6.07, 6.45) is 3.70. The zero-order chi connectivity index (χ0) is 19.6. The first kappa shape index (κ1) is 18.4. The van der Waals surface area contributed by atoms with Gasteiger partial charge in [0.25, 0.3) is 0 Å². The molecule has 8 heteroatoms. The van der Waals surface area contributed by atoms with Crippen LogP contribution in [0.1, 0.15) is 6.42 Å². The third kappa shape index (κ3) is 3.83. The van der Waals surface area contributed by atoms with Gasteiger partial charge in [-0.3, -0.25) is 9.20 Å². The minimum Gasteiger partial charge on any atom is -0.325 e. The first-order valence-corrected chi connectivity index (χ1v) is 11.2. The average molecular weight is 412 g/mol. The Hall–Kier alpha value is -2.97. The first-order valence-electron chi connectivity index (χ1n) is 8.62. The number of thiazole rings is 1. The van der Waals surface area contributed by atoms with E-state index in [-0.39, 0.29) is 23.0 Å². The summed E-state index contributed by atoms with van der Waals surface area (Å²) < 4.78 is 26.6. The van der Waals surface area contributed by atoms with Crippen molar-refractivity contribution in [1.29, 1.82) is 0 Å². The number of para-hydroxylation sites is 1. The molecule has 2 aromatic carbocycles. The number of nitrogens with zero attached hydrogens (tertiary/aromatic N) is 2. The maximum atomic E-state index is 12.4. The minimum absolute atomic E-state index is 0.121.